The second-order valence-electron chi connectivity index (χ2n) is 10.0. The molecule has 0 radical (unpaired) electrons. The first-order chi connectivity index (χ1) is 19.1. The number of alkyl carbamates (subject to hydrolysis) is 1. The van der Waals surface area contributed by atoms with Gasteiger partial charge in [-0.1, -0.05) is 6.08 Å². The largest absolute Gasteiger partial charge is 0.453 e. The number of ether oxygens (including phenoxy) is 1. The quantitative estimate of drug-likeness (QED) is 0.313. The van der Waals surface area contributed by atoms with Gasteiger partial charge in [-0.05, 0) is 73.9 Å². The van der Waals surface area contributed by atoms with Gasteiger partial charge >= 0.3 is 6.09 Å². The van der Waals surface area contributed by atoms with E-state index in [1.807, 2.05) is 0 Å². The van der Waals surface area contributed by atoms with Crippen LogP contribution < -0.4 is 16.2 Å². The van der Waals surface area contributed by atoms with Crippen molar-refractivity contribution in [3.63, 3.8) is 0 Å². The van der Waals surface area contributed by atoms with Crippen molar-refractivity contribution in [2.45, 2.75) is 44.7 Å². The molecule has 1 aromatic carbocycles. The summed E-state index contributed by atoms with van der Waals surface area (Å²) in [6.45, 7) is 0.0796. The third kappa shape index (κ3) is 7.33. The van der Waals surface area contributed by atoms with Crippen LogP contribution >= 0.6 is 0 Å². The number of H-pyrrole nitrogens is 1. The molecule has 212 valence electrons. The van der Waals surface area contributed by atoms with Crippen molar-refractivity contribution in [3.05, 3.63) is 70.2 Å². The predicted molar refractivity (Wildman–Crippen MR) is 147 cm³/mol. The van der Waals surface area contributed by atoms with Gasteiger partial charge in [0.15, 0.2) is 0 Å². The smallest absolute Gasteiger partial charge is 0.407 e. The van der Waals surface area contributed by atoms with Gasteiger partial charge in [0.2, 0.25) is 11.8 Å². The molecule has 1 aliphatic carbocycles. The lowest BCUT2D eigenvalue weighted by Crippen LogP contribution is -2.44. The van der Waals surface area contributed by atoms with Crippen LogP contribution in [0.4, 0.5) is 14.9 Å². The number of fused-ring (bicyclic) bond motifs is 1. The van der Waals surface area contributed by atoms with Crippen molar-refractivity contribution >= 4 is 34.6 Å². The van der Waals surface area contributed by atoms with Gasteiger partial charge in [-0.2, -0.15) is 0 Å². The van der Waals surface area contributed by atoms with Gasteiger partial charge < -0.3 is 29.8 Å². The summed E-state index contributed by atoms with van der Waals surface area (Å²) in [4.78, 5) is 58.9. The standard InChI is InChI=1S/C28H33FN6O5/c1-34(2)24(36)9-5-4-7-20(32-28(39)40-3)26(37)31-21-8-6-12-35(27(21)38)16-23-30-22-15-19(29)14-18(25(22)33-23)13-17-10-11-17/h5-6,8-9,12,14-15,17,20H,4,7,10-11,13,16H2,1-3H3,(H,30,33)(H,31,37)(H,32,39)/b9-5+/t20-/m0/s1. The number of hydrogen-bond donors (Lipinski definition) is 3. The van der Waals surface area contributed by atoms with E-state index in [0.717, 1.165) is 24.8 Å². The van der Waals surface area contributed by atoms with Crippen molar-refractivity contribution < 1.29 is 23.5 Å². The number of likely N-dealkylation sites (N-methyl/N-ethyl adjacent to an activating group) is 1. The lowest BCUT2D eigenvalue weighted by molar-refractivity contribution is -0.123. The van der Waals surface area contributed by atoms with Gasteiger partial charge in [0, 0.05) is 20.3 Å². The van der Waals surface area contributed by atoms with Crippen LogP contribution in [0.2, 0.25) is 0 Å². The monoisotopic (exact) mass is 552 g/mol. The van der Waals surface area contributed by atoms with Crippen molar-refractivity contribution in [1.82, 2.24) is 24.8 Å². The lowest BCUT2D eigenvalue weighted by atomic mass is 10.1. The van der Waals surface area contributed by atoms with Crippen LogP contribution in [-0.4, -0.2) is 64.6 Å². The normalized spacial score (nSPS) is 13.8. The molecule has 3 amide bonds. The highest BCUT2D eigenvalue weighted by atomic mass is 19.1. The Morgan fingerprint density at radius 2 is 2.08 bits per heavy atom. The van der Waals surface area contributed by atoms with Crippen molar-refractivity contribution in [2.24, 2.45) is 5.92 Å². The molecule has 1 fully saturated rings. The minimum Gasteiger partial charge on any atom is -0.453 e. The maximum atomic E-state index is 14.2. The highest BCUT2D eigenvalue weighted by molar-refractivity contribution is 5.96. The van der Waals surface area contributed by atoms with Crippen LogP contribution in [0.5, 0.6) is 0 Å². The summed E-state index contributed by atoms with van der Waals surface area (Å²) in [5.74, 6) is -0.123. The number of carbonyl (C=O) groups is 3. The van der Waals surface area contributed by atoms with Crippen LogP contribution in [0, 0.1) is 11.7 Å². The van der Waals surface area contributed by atoms with Gasteiger partial charge in [0.1, 0.15) is 23.4 Å². The molecule has 4 rings (SSSR count). The van der Waals surface area contributed by atoms with Gasteiger partial charge in [0.05, 0.1) is 24.7 Å². The van der Waals surface area contributed by atoms with E-state index < -0.39 is 23.6 Å². The highest BCUT2D eigenvalue weighted by Crippen LogP contribution is 2.34. The van der Waals surface area contributed by atoms with Crippen LogP contribution in [0.1, 0.15) is 37.1 Å². The average Bonchev–Trinajstić information content (AvgIpc) is 3.64. The van der Waals surface area contributed by atoms with Crippen molar-refractivity contribution in [2.75, 3.05) is 26.5 Å². The number of anilines is 1. The Hall–Kier alpha value is -4.48. The molecule has 3 aromatic rings. The van der Waals surface area contributed by atoms with Crippen LogP contribution in [0.15, 0.2) is 47.4 Å². The molecule has 1 aliphatic rings. The van der Waals surface area contributed by atoms with E-state index in [9.17, 15) is 23.6 Å². The fourth-order valence-electron chi connectivity index (χ4n) is 4.27. The van der Waals surface area contributed by atoms with E-state index in [2.05, 4.69) is 25.3 Å². The third-order valence-corrected chi connectivity index (χ3v) is 6.60. The summed E-state index contributed by atoms with van der Waals surface area (Å²) in [5.41, 5.74) is 1.64. The molecule has 3 N–H and O–H groups in total. The fourth-order valence-corrected chi connectivity index (χ4v) is 4.27. The number of rotatable bonds is 11. The second-order valence-corrected chi connectivity index (χ2v) is 10.0. The van der Waals surface area contributed by atoms with Gasteiger partial charge in [-0.3, -0.25) is 14.4 Å². The third-order valence-electron chi connectivity index (χ3n) is 6.60. The van der Waals surface area contributed by atoms with Gasteiger partial charge in [0.25, 0.3) is 5.56 Å². The molecule has 0 spiro atoms. The molecule has 1 atom stereocenters. The van der Waals surface area contributed by atoms with E-state index in [-0.39, 0.29) is 30.4 Å². The minimum atomic E-state index is -1.02. The molecule has 40 heavy (non-hydrogen) atoms. The van der Waals surface area contributed by atoms with Crippen LogP contribution in [-0.2, 0) is 27.3 Å². The summed E-state index contributed by atoms with van der Waals surface area (Å²) < 4.78 is 20.2. The Balaban J connectivity index is 1.48. The Bertz CT molecular complexity index is 1490. The molecule has 0 bridgehead atoms. The number of amides is 3. The first-order valence-corrected chi connectivity index (χ1v) is 13.0. The first kappa shape index (κ1) is 28.5. The van der Waals surface area contributed by atoms with Crippen LogP contribution in [0.25, 0.3) is 11.0 Å². The van der Waals surface area contributed by atoms with Gasteiger partial charge in [-0.15, -0.1) is 0 Å². The number of carbonyl (C=O) groups excluding carboxylic acids is 3. The maximum absolute atomic E-state index is 14.2. The molecular weight excluding hydrogens is 519 g/mol. The number of nitrogens with zero attached hydrogens (tertiary/aromatic N) is 3. The first-order valence-electron chi connectivity index (χ1n) is 13.0. The maximum Gasteiger partial charge on any atom is 0.407 e. The number of benzene rings is 1. The van der Waals surface area contributed by atoms with E-state index >= 15 is 0 Å². The molecule has 0 aliphatic heterocycles. The molecule has 0 saturated heterocycles. The SMILES string of the molecule is COC(=O)N[C@@H](CC/C=C/C(=O)N(C)C)C(=O)Nc1cccn(Cc2nc3c(CC4CC4)cc(F)cc3[nH]2)c1=O. The zero-order chi connectivity index (χ0) is 28.8. The summed E-state index contributed by atoms with van der Waals surface area (Å²) in [5, 5.41) is 5.04. The van der Waals surface area contributed by atoms with E-state index in [1.54, 1.807) is 32.4 Å². The molecule has 2 heterocycles. The minimum absolute atomic E-state index is 0.0130. The summed E-state index contributed by atoms with van der Waals surface area (Å²) in [6.07, 6.45) is 7.25. The lowest BCUT2D eigenvalue weighted by Gasteiger charge is -2.17. The topological polar surface area (TPSA) is 138 Å². The number of imidazole rings is 1. The molecule has 1 saturated carbocycles. The van der Waals surface area contributed by atoms with E-state index in [0.29, 0.717) is 29.2 Å². The average molecular weight is 553 g/mol. The number of halogens is 1. The number of allylic oxidation sites excluding steroid dienone is 1. The zero-order valence-electron chi connectivity index (χ0n) is 22.7. The zero-order valence-corrected chi connectivity index (χ0v) is 22.7. The summed E-state index contributed by atoms with van der Waals surface area (Å²) in [6, 6.07) is 4.96. The van der Waals surface area contributed by atoms with Crippen molar-refractivity contribution in [1.29, 1.82) is 0 Å². The fraction of sp³-hybridized carbons (Fsp3) is 0.393. The Morgan fingerprint density at radius 1 is 1.30 bits per heavy atom. The molecule has 12 heteroatoms. The molecular formula is C28H33FN6O5. The molecule has 0 unspecified atom stereocenters. The van der Waals surface area contributed by atoms with Crippen LogP contribution in [0.3, 0.4) is 0 Å². The number of hydrogen-bond acceptors (Lipinski definition) is 6. The number of nitrogens with one attached hydrogen (secondary N) is 3. The number of aromatic nitrogens is 3. The second kappa shape index (κ2) is 12.6. The van der Waals surface area contributed by atoms with E-state index in [1.165, 1.54) is 40.9 Å². The molecule has 2 aromatic heterocycles. The molecule has 11 nitrogen and oxygen atoms in total. The number of aromatic amines is 1. The predicted octanol–water partition coefficient (Wildman–Crippen LogP) is 2.95. The summed E-state index contributed by atoms with van der Waals surface area (Å²) >= 11 is 0. The van der Waals surface area contributed by atoms with Crippen molar-refractivity contribution in [3.8, 4) is 0 Å². The number of pyridine rings is 1. The van der Waals surface area contributed by atoms with Gasteiger partial charge in [-0.25, -0.2) is 14.2 Å². The Labute approximate surface area is 230 Å². The summed E-state index contributed by atoms with van der Waals surface area (Å²) in [7, 11) is 4.42. The Morgan fingerprint density at radius 3 is 2.77 bits per heavy atom. The highest BCUT2D eigenvalue weighted by Gasteiger charge is 2.24. The Kier molecular flexibility index (Phi) is 8.97. The van der Waals surface area contributed by atoms with E-state index in [4.69, 9.17) is 0 Å². The number of methoxy groups -OCH3 is 1.